The third-order valence-corrected chi connectivity index (χ3v) is 12.8. The van der Waals surface area contributed by atoms with Crippen molar-refractivity contribution in [3.63, 3.8) is 0 Å². The summed E-state index contributed by atoms with van der Waals surface area (Å²) in [6, 6.07) is 63.0. The Morgan fingerprint density at radius 3 is 1.54 bits per heavy atom. The number of benzene rings is 9. The number of hydrogen-bond acceptors (Lipinski definition) is 2. The fraction of sp³-hybridized carbons (Fsp3) is 0. The molecule has 0 radical (unpaired) electrons. The topological polar surface area (TPSA) is 0 Å². The zero-order valence-electron chi connectivity index (χ0n) is 27.0. The van der Waals surface area contributed by atoms with Crippen LogP contribution >= 0.6 is 22.7 Å². The second kappa shape index (κ2) is 10.9. The number of thiophene rings is 2. The van der Waals surface area contributed by atoms with Crippen molar-refractivity contribution in [1.82, 2.24) is 0 Å². The van der Waals surface area contributed by atoms with Gasteiger partial charge in [-0.25, -0.2) is 0 Å². The summed E-state index contributed by atoms with van der Waals surface area (Å²) in [6.45, 7) is 0. The van der Waals surface area contributed by atoms with Crippen molar-refractivity contribution < 1.29 is 0 Å². The highest BCUT2D eigenvalue weighted by Gasteiger charge is 2.18. The molecule has 0 spiro atoms. The van der Waals surface area contributed by atoms with Gasteiger partial charge in [0.15, 0.2) is 0 Å². The Kier molecular flexibility index (Phi) is 6.09. The summed E-state index contributed by atoms with van der Waals surface area (Å²) in [6.07, 6.45) is 0. The summed E-state index contributed by atoms with van der Waals surface area (Å²) >= 11 is 3.81. The minimum absolute atomic E-state index is 1.23. The third kappa shape index (κ3) is 4.10. The fourth-order valence-electron chi connectivity index (χ4n) is 8.25. The Hall–Kier alpha value is -5.80. The molecule has 0 aliphatic heterocycles. The molecule has 0 aliphatic rings. The van der Waals surface area contributed by atoms with E-state index in [0.717, 1.165) is 0 Å². The molecule has 0 unspecified atom stereocenters. The van der Waals surface area contributed by atoms with Crippen molar-refractivity contribution >= 4 is 95.3 Å². The summed E-state index contributed by atoms with van der Waals surface area (Å²) in [5.74, 6) is 0. The van der Waals surface area contributed by atoms with E-state index >= 15 is 0 Å². The van der Waals surface area contributed by atoms with Crippen LogP contribution in [0.1, 0.15) is 0 Å². The maximum absolute atomic E-state index is 2.41. The first kappa shape index (κ1) is 28.1. The molecule has 9 aromatic carbocycles. The lowest BCUT2D eigenvalue weighted by Gasteiger charge is -2.18. The highest BCUT2D eigenvalue weighted by molar-refractivity contribution is 7.27. The smallest absolute Gasteiger partial charge is 0.0434 e. The number of hydrogen-bond donors (Lipinski definition) is 0. The molecule has 2 heterocycles. The van der Waals surface area contributed by atoms with E-state index in [-0.39, 0.29) is 0 Å². The minimum Gasteiger partial charge on any atom is -0.135 e. The lowest BCUT2D eigenvalue weighted by atomic mass is 9.85. The van der Waals surface area contributed by atoms with E-state index in [1.54, 1.807) is 0 Å². The molecule has 232 valence electrons. The Labute approximate surface area is 297 Å². The Morgan fingerprint density at radius 1 is 0.260 bits per heavy atom. The Balaban J connectivity index is 1.10. The van der Waals surface area contributed by atoms with E-state index in [9.17, 15) is 0 Å². The van der Waals surface area contributed by atoms with Crippen molar-refractivity contribution in [1.29, 1.82) is 0 Å². The van der Waals surface area contributed by atoms with Crippen LogP contribution in [0.3, 0.4) is 0 Å². The van der Waals surface area contributed by atoms with Crippen molar-refractivity contribution in [3.05, 3.63) is 170 Å². The molecule has 0 nitrogen and oxygen atoms in total. The van der Waals surface area contributed by atoms with Crippen LogP contribution in [0.2, 0.25) is 0 Å². The molecule has 0 fully saturated rings. The van der Waals surface area contributed by atoms with E-state index in [4.69, 9.17) is 0 Å². The standard InChI is InChI=1S/C48H28S2/c1-2-11-29(12-3-1)45-33-15-4-6-17-35(33)46(36-18-7-5-16-34(36)45)32-14-10-13-30(27-32)31-21-25-43-41(28-31)39-23-22-37-38(48(39)50-43)24-26-44-47(37)40-19-8-9-20-42(40)49-44/h1-28H. The molecule has 2 heteroatoms. The van der Waals surface area contributed by atoms with Gasteiger partial charge in [-0.15, -0.1) is 22.7 Å². The lowest BCUT2D eigenvalue weighted by molar-refractivity contribution is 1.63. The van der Waals surface area contributed by atoms with Gasteiger partial charge in [0.1, 0.15) is 0 Å². The lowest BCUT2D eigenvalue weighted by Crippen LogP contribution is -1.91. The van der Waals surface area contributed by atoms with Gasteiger partial charge < -0.3 is 0 Å². The van der Waals surface area contributed by atoms with Crippen LogP contribution in [-0.2, 0) is 0 Å². The highest BCUT2D eigenvalue weighted by atomic mass is 32.1. The molecule has 0 saturated carbocycles. The molecule has 0 N–H and O–H groups in total. The fourth-order valence-corrected chi connectivity index (χ4v) is 10.6. The zero-order chi connectivity index (χ0) is 32.8. The first-order valence-electron chi connectivity index (χ1n) is 17.1. The van der Waals surface area contributed by atoms with Crippen LogP contribution in [0.4, 0.5) is 0 Å². The van der Waals surface area contributed by atoms with E-state index in [0.29, 0.717) is 0 Å². The molecule has 11 aromatic rings. The SMILES string of the molecule is c1ccc(-c2c3ccccc3c(-c3cccc(-c4ccc5sc6c(ccc7c6ccc6sc8ccccc8c67)c5c4)c3)c3ccccc23)cc1. The second-order valence-electron chi connectivity index (χ2n) is 13.2. The van der Waals surface area contributed by atoms with Gasteiger partial charge in [-0.2, -0.15) is 0 Å². The summed E-state index contributed by atoms with van der Waals surface area (Å²) in [7, 11) is 0. The molecule has 0 amide bonds. The van der Waals surface area contributed by atoms with Crippen molar-refractivity contribution in [2.45, 2.75) is 0 Å². The maximum Gasteiger partial charge on any atom is 0.0434 e. The maximum atomic E-state index is 2.41. The minimum atomic E-state index is 1.23. The summed E-state index contributed by atoms with van der Waals surface area (Å²) in [4.78, 5) is 0. The first-order chi connectivity index (χ1) is 24.8. The van der Waals surface area contributed by atoms with Crippen LogP contribution < -0.4 is 0 Å². The molecule has 0 atom stereocenters. The van der Waals surface area contributed by atoms with Crippen LogP contribution in [-0.4, -0.2) is 0 Å². The molecule has 0 bridgehead atoms. The van der Waals surface area contributed by atoms with Gasteiger partial charge in [-0.3, -0.25) is 0 Å². The number of fused-ring (bicyclic) bond motifs is 11. The van der Waals surface area contributed by atoms with E-state index in [1.165, 1.54) is 106 Å². The Bertz CT molecular complexity index is 3080. The Morgan fingerprint density at radius 2 is 0.780 bits per heavy atom. The van der Waals surface area contributed by atoms with Gasteiger partial charge in [-0.1, -0.05) is 140 Å². The number of rotatable bonds is 3. The summed E-state index contributed by atoms with van der Waals surface area (Å²) in [5.41, 5.74) is 7.55. The van der Waals surface area contributed by atoms with Crippen molar-refractivity contribution in [3.8, 4) is 33.4 Å². The van der Waals surface area contributed by atoms with E-state index in [1.807, 2.05) is 22.7 Å². The van der Waals surface area contributed by atoms with Gasteiger partial charge in [0.05, 0.1) is 0 Å². The van der Waals surface area contributed by atoms with Crippen molar-refractivity contribution in [2.75, 3.05) is 0 Å². The van der Waals surface area contributed by atoms with Gasteiger partial charge in [0.2, 0.25) is 0 Å². The average molecular weight is 669 g/mol. The van der Waals surface area contributed by atoms with Crippen LogP contribution in [0.25, 0.3) is 106 Å². The molecule has 50 heavy (non-hydrogen) atoms. The van der Waals surface area contributed by atoms with Gasteiger partial charge in [0, 0.05) is 45.7 Å². The molecular formula is C48H28S2. The van der Waals surface area contributed by atoms with Crippen LogP contribution in [0.5, 0.6) is 0 Å². The van der Waals surface area contributed by atoms with E-state index < -0.39 is 0 Å². The average Bonchev–Trinajstić information content (AvgIpc) is 3.75. The van der Waals surface area contributed by atoms with Gasteiger partial charge in [-0.05, 0) is 90.6 Å². The first-order valence-corrected chi connectivity index (χ1v) is 18.7. The van der Waals surface area contributed by atoms with Crippen LogP contribution in [0, 0.1) is 0 Å². The highest BCUT2D eigenvalue weighted by Crippen LogP contribution is 2.46. The molecule has 0 aliphatic carbocycles. The van der Waals surface area contributed by atoms with Gasteiger partial charge >= 0.3 is 0 Å². The quantitative estimate of drug-likeness (QED) is 0.164. The predicted molar refractivity (Wildman–Crippen MR) is 221 cm³/mol. The largest absolute Gasteiger partial charge is 0.135 e. The van der Waals surface area contributed by atoms with Crippen molar-refractivity contribution in [2.24, 2.45) is 0 Å². The molecular weight excluding hydrogens is 641 g/mol. The monoisotopic (exact) mass is 668 g/mol. The molecule has 2 aromatic heterocycles. The van der Waals surface area contributed by atoms with Gasteiger partial charge in [0.25, 0.3) is 0 Å². The van der Waals surface area contributed by atoms with Crippen LogP contribution in [0.15, 0.2) is 170 Å². The summed E-state index contributed by atoms with van der Waals surface area (Å²) < 4.78 is 5.41. The van der Waals surface area contributed by atoms with E-state index in [2.05, 4.69) is 170 Å². The molecule has 0 saturated heterocycles. The third-order valence-electron chi connectivity index (χ3n) is 10.4. The summed E-state index contributed by atoms with van der Waals surface area (Å²) in [5, 5.41) is 13.2. The second-order valence-corrected chi connectivity index (χ2v) is 15.3. The predicted octanol–water partition coefficient (Wildman–Crippen LogP) is 14.9. The molecule has 11 rings (SSSR count). The normalized spacial score (nSPS) is 12.0. The zero-order valence-corrected chi connectivity index (χ0v) is 28.6.